The average molecular weight is 294 g/mol. The molecule has 0 aromatic heterocycles. The Balaban J connectivity index is 3.05. The minimum absolute atomic E-state index is 0.0423. The molecular formula is C12H22O8. The summed E-state index contributed by atoms with van der Waals surface area (Å²) in [5.41, 5.74) is 0. The van der Waals surface area contributed by atoms with Crippen LogP contribution in [0, 0.1) is 5.92 Å². The first kappa shape index (κ1) is 17.3. The Hall–Kier alpha value is -0.770. The van der Waals surface area contributed by atoms with Gasteiger partial charge in [0.15, 0.2) is 5.79 Å². The molecule has 1 saturated heterocycles. The summed E-state index contributed by atoms with van der Waals surface area (Å²) < 4.78 is 9.93. The van der Waals surface area contributed by atoms with E-state index in [0.717, 1.165) is 0 Å². The highest BCUT2D eigenvalue weighted by Crippen LogP contribution is 2.37. The number of aliphatic hydroxyl groups is 5. The fourth-order valence-corrected chi connectivity index (χ4v) is 2.31. The van der Waals surface area contributed by atoms with Crippen molar-refractivity contribution in [2.24, 2.45) is 5.92 Å². The summed E-state index contributed by atoms with van der Waals surface area (Å²) in [7, 11) is 0. The Morgan fingerprint density at radius 2 is 1.95 bits per heavy atom. The maximum Gasteiger partial charge on any atom is 0.317 e. The Bertz CT molecular complexity index is 335. The molecule has 0 unspecified atom stereocenters. The van der Waals surface area contributed by atoms with Gasteiger partial charge < -0.3 is 35.0 Å². The maximum absolute atomic E-state index is 11.8. The van der Waals surface area contributed by atoms with Crippen LogP contribution in [0.25, 0.3) is 0 Å². The van der Waals surface area contributed by atoms with Crippen molar-refractivity contribution in [2.75, 3.05) is 13.2 Å². The highest BCUT2D eigenvalue weighted by atomic mass is 16.7. The van der Waals surface area contributed by atoms with Crippen molar-refractivity contribution in [3.05, 3.63) is 0 Å². The lowest BCUT2D eigenvalue weighted by atomic mass is 9.81. The van der Waals surface area contributed by atoms with E-state index in [9.17, 15) is 25.2 Å². The molecule has 0 radical (unpaired) electrons. The molecular weight excluding hydrogens is 272 g/mol. The number of hydrogen-bond donors (Lipinski definition) is 5. The lowest BCUT2D eigenvalue weighted by Gasteiger charge is -2.47. The molecule has 8 nitrogen and oxygen atoms in total. The monoisotopic (exact) mass is 294 g/mol. The predicted octanol–water partition coefficient (Wildman–Crippen LogP) is -2.26. The number of carbonyl (C=O) groups excluding carboxylic acids is 1. The van der Waals surface area contributed by atoms with Gasteiger partial charge in [-0.25, -0.2) is 0 Å². The fraction of sp³-hybridized carbons (Fsp3) is 0.917. The second kappa shape index (κ2) is 6.79. The van der Waals surface area contributed by atoms with Gasteiger partial charge >= 0.3 is 5.97 Å². The van der Waals surface area contributed by atoms with E-state index in [1.807, 2.05) is 0 Å². The van der Waals surface area contributed by atoms with Crippen molar-refractivity contribution in [1.82, 2.24) is 0 Å². The number of aliphatic hydroxyl groups excluding tert-OH is 4. The number of rotatable bonds is 5. The van der Waals surface area contributed by atoms with Crippen molar-refractivity contribution in [3.63, 3.8) is 0 Å². The molecule has 1 rings (SSSR count). The minimum atomic E-state index is -2.09. The third kappa shape index (κ3) is 3.11. The quantitative estimate of drug-likeness (QED) is 0.358. The van der Waals surface area contributed by atoms with Crippen molar-refractivity contribution in [1.29, 1.82) is 0 Å². The summed E-state index contributed by atoms with van der Waals surface area (Å²) in [5, 5.41) is 48.7. The van der Waals surface area contributed by atoms with E-state index >= 15 is 0 Å². The lowest BCUT2D eigenvalue weighted by molar-refractivity contribution is -0.341. The van der Waals surface area contributed by atoms with E-state index in [2.05, 4.69) is 0 Å². The molecule has 0 aliphatic carbocycles. The van der Waals surface area contributed by atoms with Gasteiger partial charge in [-0.3, -0.25) is 4.79 Å². The Morgan fingerprint density at radius 1 is 1.35 bits per heavy atom. The molecule has 20 heavy (non-hydrogen) atoms. The van der Waals surface area contributed by atoms with Crippen molar-refractivity contribution >= 4 is 5.97 Å². The summed E-state index contributed by atoms with van der Waals surface area (Å²) in [6.45, 7) is 2.39. The Labute approximate surface area is 116 Å². The van der Waals surface area contributed by atoms with Crippen LogP contribution < -0.4 is 0 Å². The molecule has 1 heterocycles. The molecule has 0 spiro atoms. The lowest BCUT2D eigenvalue weighted by Crippen LogP contribution is -2.66. The number of ether oxygens (including phenoxy) is 2. The van der Waals surface area contributed by atoms with E-state index in [1.165, 1.54) is 6.92 Å². The molecule has 0 amide bonds. The zero-order valence-electron chi connectivity index (χ0n) is 11.5. The first-order valence-corrected chi connectivity index (χ1v) is 6.54. The second-order valence-corrected chi connectivity index (χ2v) is 4.74. The summed E-state index contributed by atoms with van der Waals surface area (Å²) in [4.78, 5) is 11.8. The first-order chi connectivity index (χ1) is 9.32. The number of esters is 1. The third-order valence-electron chi connectivity index (χ3n) is 3.47. The van der Waals surface area contributed by atoms with Crippen LogP contribution in [0.2, 0.25) is 0 Å². The highest BCUT2D eigenvalue weighted by molar-refractivity contribution is 5.74. The van der Waals surface area contributed by atoms with Crippen molar-refractivity contribution in [2.45, 2.75) is 50.5 Å². The SMILES string of the molecule is CCOC(=O)[C@@H]1[C@@H](O)[C@H](O)[C@H]([C@H](O)CO)O[C@@]1(O)CC. The van der Waals surface area contributed by atoms with E-state index in [4.69, 9.17) is 14.6 Å². The highest BCUT2D eigenvalue weighted by Gasteiger charge is 2.57. The third-order valence-corrected chi connectivity index (χ3v) is 3.47. The molecule has 1 aliphatic rings. The van der Waals surface area contributed by atoms with Crippen LogP contribution >= 0.6 is 0 Å². The van der Waals surface area contributed by atoms with E-state index < -0.39 is 48.7 Å². The molecule has 5 N–H and O–H groups in total. The van der Waals surface area contributed by atoms with E-state index in [0.29, 0.717) is 0 Å². The first-order valence-electron chi connectivity index (χ1n) is 6.54. The number of carbonyl (C=O) groups is 1. The average Bonchev–Trinajstić information content (AvgIpc) is 2.42. The van der Waals surface area contributed by atoms with Crippen LogP contribution in [0.5, 0.6) is 0 Å². The summed E-state index contributed by atoms with van der Waals surface area (Å²) >= 11 is 0. The summed E-state index contributed by atoms with van der Waals surface area (Å²) in [5.74, 6) is -4.49. The van der Waals surface area contributed by atoms with Crippen LogP contribution in [0.15, 0.2) is 0 Å². The molecule has 0 aromatic rings. The second-order valence-electron chi connectivity index (χ2n) is 4.74. The normalized spacial score (nSPS) is 39.4. The van der Waals surface area contributed by atoms with Crippen LogP contribution in [-0.2, 0) is 14.3 Å². The van der Waals surface area contributed by atoms with E-state index in [-0.39, 0.29) is 13.0 Å². The minimum Gasteiger partial charge on any atom is -0.466 e. The molecule has 6 atom stereocenters. The molecule has 1 aliphatic heterocycles. The van der Waals surface area contributed by atoms with Crippen LogP contribution in [0.1, 0.15) is 20.3 Å². The molecule has 1 fully saturated rings. The van der Waals surface area contributed by atoms with Gasteiger partial charge in [-0.05, 0) is 13.3 Å². The van der Waals surface area contributed by atoms with Gasteiger partial charge in [-0.2, -0.15) is 0 Å². The van der Waals surface area contributed by atoms with Crippen LogP contribution in [-0.4, -0.2) is 74.9 Å². The van der Waals surface area contributed by atoms with Gasteiger partial charge in [-0.15, -0.1) is 0 Å². The van der Waals surface area contributed by atoms with E-state index in [1.54, 1.807) is 6.92 Å². The largest absolute Gasteiger partial charge is 0.466 e. The van der Waals surface area contributed by atoms with Gasteiger partial charge in [-0.1, -0.05) is 6.92 Å². The van der Waals surface area contributed by atoms with Crippen molar-refractivity contribution < 1.29 is 39.8 Å². The Morgan fingerprint density at radius 3 is 2.40 bits per heavy atom. The topological polar surface area (TPSA) is 137 Å². The van der Waals surface area contributed by atoms with Gasteiger partial charge in [0.25, 0.3) is 0 Å². The molecule has 0 aromatic carbocycles. The zero-order valence-corrected chi connectivity index (χ0v) is 11.5. The maximum atomic E-state index is 11.8. The van der Waals surface area contributed by atoms with Crippen LogP contribution in [0.3, 0.4) is 0 Å². The van der Waals surface area contributed by atoms with Gasteiger partial charge in [0.1, 0.15) is 30.3 Å². The molecule has 0 saturated carbocycles. The molecule has 0 bridgehead atoms. The summed E-state index contributed by atoms with van der Waals surface area (Å²) in [6.07, 6.45) is -6.31. The molecule has 8 heteroatoms. The Kier molecular flexibility index (Phi) is 5.87. The number of hydrogen-bond acceptors (Lipinski definition) is 8. The van der Waals surface area contributed by atoms with Crippen LogP contribution in [0.4, 0.5) is 0 Å². The van der Waals surface area contributed by atoms with Gasteiger partial charge in [0, 0.05) is 0 Å². The fourth-order valence-electron chi connectivity index (χ4n) is 2.31. The molecule has 118 valence electrons. The van der Waals surface area contributed by atoms with Crippen molar-refractivity contribution in [3.8, 4) is 0 Å². The summed E-state index contributed by atoms with van der Waals surface area (Å²) in [6, 6.07) is 0. The smallest absolute Gasteiger partial charge is 0.317 e. The zero-order chi connectivity index (χ0) is 15.5. The van der Waals surface area contributed by atoms with Gasteiger partial charge in [0.05, 0.1) is 13.2 Å². The predicted molar refractivity (Wildman–Crippen MR) is 65.3 cm³/mol. The standard InChI is InChI=1S/C12H22O8/c1-3-12(18)7(11(17)19-4-2)8(15)9(16)10(20-12)6(14)5-13/h6-10,13-16,18H,3-5H2,1-2H3/t6-,7+,8-,9+,10+,12+/m1/s1. The van der Waals surface area contributed by atoms with Gasteiger partial charge in [0.2, 0.25) is 0 Å².